The van der Waals surface area contributed by atoms with E-state index in [2.05, 4.69) is 91.9 Å². The first-order valence-corrected chi connectivity index (χ1v) is 9.33. The average Bonchev–Trinajstić information content (AvgIpc) is 3.01. The van der Waals surface area contributed by atoms with Crippen LogP contribution in [0.3, 0.4) is 0 Å². The van der Waals surface area contributed by atoms with Gasteiger partial charge in [-0.15, -0.1) is 0 Å². The van der Waals surface area contributed by atoms with Gasteiger partial charge in [0.2, 0.25) is 0 Å². The van der Waals surface area contributed by atoms with Gasteiger partial charge < -0.3 is 0 Å². The van der Waals surface area contributed by atoms with Gasteiger partial charge >= 0.3 is 0 Å². The van der Waals surface area contributed by atoms with Crippen molar-refractivity contribution >= 4 is 5.57 Å². The maximum Gasteiger partial charge on any atom is 0.0314 e. The van der Waals surface area contributed by atoms with E-state index >= 15 is 0 Å². The molecule has 1 unspecified atom stereocenters. The Kier molecular flexibility index (Phi) is 4.52. The minimum absolute atomic E-state index is 0.388. The molecule has 3 aromatic rings. The van der Waals surface area contributed by atoms with Crippen LogP contribution >= 0.6 is 0 Å². The largest absolute Gasteiger partial charge is 0.0654 e. The highest BCUT2D eigenvalue weighted by Gasteiger charge is 2.31. The van der Waals surface area contributed by atoms with Crippen LogP contribution < -0.4 is 0 Å². The zero-order chi connectivity index (χ0) is 17.1. The molecule has 0 aliphatic heterocycles. The molecule has 1 aliphatic carbocycles. The van der Waals surface area contributed by atoms with Crippen molar-refractivity contribution in [3.63, 3.8) is 0 Å². The van der Waals surface area contributed by atoms with E-state index in [0.29, 0.717) is 5.92 Å². The first-order chi connectivity index (χ1) is 12.4. The Morgan fingerprint density at radius 3 is 2.08 bits per heavy atom. The fourth-order valence-corrected chi connectivity index (χ4v) is 4.09. The average molecular weight is 324 g/mol. The van der Waals surface area contributed by atoms with Crippen molar-refractivity contribution in [3.05, 3.63) is 113 Å². The summed E-state index contributed by atoms with van der Waals surface area (Å²) < 4.78 is 0. The van der Waals surface area contributed by atoms with Crippen molar-refractivity contribution < 1.29 is 0 Å². The van der Waals surface area contributed by atoms with Gasteiger partial charge in [-0.25, -0.2) is 0 Å². The Labute approximate surface area is 150 Å². The quantitative estimate of drug-likeness (QED) is 0.483. The normalized spacial score (nSPS) is 16.1. The SMILES string of the molecule is CCCCC1=C(c2ccccc2)c2ccccc2C1c1ccccc1. The smallest absolute Gasteiger partial charge is 0.0314 e. The summed E-state index contributed by atoms with van der Waals surface area (Å²) >= 11 is 0. The van der Waals surface area contributed by atoms with E-state index in [1.165, 1.54) is 40.7 Å². The van der Waals surface area contributed by atoms with Gasteiger partial charge in [0.1, 0.15) is 0 Å². The van der Waals surface area contributed by atoms with Gasteiger partial charge in [0.25, 0.3) is 0 Å². The van der Waals surface area contributed by atoms with E-state index in [-0.39, 0.29) is 0 Å². The molecule has 1 atom stereocenters. The van der Waals surface area contributed by atoms with Crippen molar-refractivity contribution in [2.24, 2.45) is 0 Å². The van der Waals surface area contributed by atoms with Crippen LogP contribution in [0.15, 0.2) is 90.5 Å². The zero-order valence-corrected chi connectivity index (χ0v) is 14.8. The summed E-state index contributed by atoms with van der Waals surface area (Å²) in [5.41, 5.74) is 8.66. The van der Waals surface area contributed by atoms with Crippen LogP contribution in [-0.2, 0) is 0 Å². The molecule has 0 amide bonds. The van der Waals surface area contributed by atoms with Gasteiger partial charge in [0, 0.05) is 5.92 Å². The van der Waals surface area contributed by atoms with Crippen molar-refractivity contribution in [1.29, 1.82) is 0 Å². The molecular weight excluding hydrogens is 300 g/mol. The third-order valence-corrected chi connectivity index (χ3v) is 5.21. The maximum absolute atomic E-state index is 2.31. The molecule has 25 heavy (non-hydrogen) atoms. The number of hydrogen-bond acceptors (Lipinski definition) is 0. The van der Waals surface area contributed by atoms with Crippen LogP contribution in [0.4, 0.5) is 0 Å². The highest BCUT2D eigenvalue weighted by Crippen LogP contribution is 2.49. The molecule has 0 heteroatoms. The molecule has 0 heterocycles. The van der Waals surface area contributed by atoms with E-state index in [9.17, 15) is 0 Å². The van der Waals surface area contributed by atoms with Crippen LogP contribution in [0.25, 0.3) is 5.57 Å². The number of unbranched alkanes of at least 4 members (excludes halogenated alkanes) is 1. The number of benzene rings is 3. The van der Waals surface area contributed by atoms with Crippen molar-refractivity contribution in [3.8, 4) is 0 Å². The van der Waals surface area contributed by atoms with Gasteiger partial charge in [-0.2, -0.15) is 0 Å². The Morgan fingerprint density at radius 1 is 0.720 bits per heavy atom. The summed E-state index contributed by atoms with van der Waals surface area (Å²) in [6, 6.07) is 30.9. The second-order valence-electron chi connectivity index (χ2n) is 6.80. The number of allylic oxidation sites excluding steroid dienone is 1. The topological polar surface area (TPSA) is 0 Å². The molecule has 0 saturated heterocycles. The second-order valence-corrected chi connectivity index (χ2v) is 6.80. The predicted molar refractivity (Wildman–Crippen MR) is 107 cm³/mol. The molecule has 0 nitrogen and oxygen atoms in total. The molecule has 0 radical (unpaired) electrons. The van der Waals surface area contributed by atoms with Crippen LogP contribution in [0.1, 0.15) is 54.4 Å². The fraction of sp³-hybridized carbons (Fsp3) is 0.200. The van der Waals surface area contributed by atoms with Crippen LogP contribution in [0.2, 0.25) is 0 Å². The summed E-state index contributed by atoms with van der Waals surface area (Å²) in [4.78, 5) is 0. The Bertz CT molecular complexity index is 872. The monoisotopic (exact) mass is 324 g/mol. The summed E-state index contributed by atoms with van der Waals surface area (Å²) in [6.45, 7) is 2.28. The molecule has 0 fully saturated rings. The molecule has 3 aromatic carbocycles. The number of rotatable bonds is 5. The van der Waals surface area contributed by atoms with Gasteiger partial charge in [0.15, 0.2) is 0 Å². The van der Waals surface area contributed by atoms with E-state index < -0.39 is 0 Å². The second kappa shape index (κ2) is 7.11. The molecule has 4 rings (SSSR count). The number of hydrogen-bond donors (Lipinski definition) is 0. The third-order valence-electron chi connectivity index (χ3n) is 5.21. The summed E-state index contributed by atoms with van der Waals surface area (Å²) in [7, 11) is 0. The first-order valence-electron chi connectivity index (χ1n) is 9.33. The summed E-state index contributed by atoms with van der Waals surface area (Å²) in [6.07, 6.45) is 3.63. The van der Waals surface area contributed by atoms with Crippen LogP contribution in [0.5, 0.6) is 0 Å². The molecule has 0 saturated carbocycles. The lowest BCUT2D eigenvalue weighted by Gasteiger charge is -2.18. The van der Waals surface area contributed by atoms with Crippen LogP contribution in [0, 0.1) is 0 Å². The fourth-order valence-electron chi connectivity index (χ4n) is 4.09. The van der Waals surface area contributed by atoms with Gasteiger partial charge in [-0.3, -0.25) is 0 Å². The standard InChI is InChI=1S/C25H24/c1-2-3-16-23-24(19-12-6-4-7-13-19)21-17-10-11-18-22(21)25(23)20-14-8-5-9-15-20/h4-15,17-18,24H,2-3,16H2,1H3. The highest BCUT2D eigenvalue weighted by atomic mass is 14.3. The predicted octanol–water partition coefficient (Wildman–Crippen LogP) is 6.82. The van der Waals surface area contributed by atoms with Gasteiger partial charge in [-0.1, -0.05) is 98.3 Å². The number of fused-ring (bicyclic) bond motifs is 1. The molecule has 0 bridgehead atoms. The molecule has 124 valence electrons. The van der Waals surface area contributed by atoms with Gasteiger partial charge in [0.05, 0.1) is 0 Å². The lowest BCUT2D eigenvalue weighted by molar-refractivity contribution is 0.753. The molecule has 0 N–H and O–H groups in total. The maximum atomic E-state index is 2.31. The zero-order valence-electron chi connectivity index (χ0n) is 14.8. The van der Waals surface area contributed by atoms with E-state index in [1.54, 1.807) is 5.57 Å². The molecule has 0 aromatic heterocycles. The molecule has 0 spiro atoms. The molecular formula is C25H24. The lowest BCUT2D eigenvalue weighted by Crippen LogP contribution is -2.01. The third kappa shape index (κ3) is 2.93. The minimum Gasteiger partial charge on any atom is -0.0654 e. The van der Waals surface area contributed by atoms with Crippen molar-refractivity contribution in [2.45, 2.75) is 32.1 Å². The van der Waals surface area contributed by atoms with Crippen molar-refractivity contribution in [1.82, 2.24) is 0 Å². The lowest BCUT2D eigenvalue weighted by atomic mass is 9.86. The Hall–Kier alpha value is -2.60. The van der Waals surface area contributed by atoms with Gasteiger partial charge in [-0.05, 0) is 46.2 Å². The van der Waals surface area contributed by atoms with E-state index in [4.69, 9.17) is 0 Å². The molecule has 1 aliphatic rings. The summed E-state index contributed by atoms with van der Waals surface area (Å²) in [5, 5.41) is 0. The first kappa shape index (κ1) is 15.9. The van der Waals surface area contributed by atoms with Crippen molar-refractivity contribution in [2.75, 3.05) is 0 Å². The van der Waals surface area contributed by atoms with E-state index in [1.807, 2.05) is 0 Å². The summed E-state index contributed by atoms with van der Waals surface area (Å²) in [5.74, 6) is 0.388. The Balaban J connectivity index is 1.95. The minimum atomic E-state index is 0.388. The Morgan fingerprint density at radius 2 is 1.36 bits per heavy atom. The van der Waals surface area contributed by atoms with Crippen LogP contribution in [-0.4, -0.2) is 0 Å². The van der Waals surface area contributed by atoms with E-state index in [0.717, 1.165) is 6.42 Å². The highest BCUT2D eigenvalue weighted by molar-refractivity contribution is 5.89.